The average molecular weight is 451 g/mol. The van der Waals surface area contributed by atoms with Gasteiger partial charge in [0.2, 0.25) is 10.0 Å². The number of hydrogen-bond acceptors (Lipinski definition) is 4. The van der Waals surface area contributed by atoms with Gasteiger partial charge in [-0.1, -0.05) is 24.3 Å². The summed E-state index contributed by atoms with van der Waals surface area (Å²) in [6.45, 7) is 2.80. The molecule has 2 aromatic rings. The van der Waals surface area contributed by atoms with Gasteiger partial charge >= 0.3 is 6.36 Å². The normalized spacial score (nSPS) is 14.7. The number of hydrogen-bond donors (Lipinski definition) is 1. The van der Waals surface area contributed by atoms with Crippen LogP contribution >= 0.6 is 12.4 Å². The summed E-state index contributed by atoms with van der Waals surface area (Å²) in [6, 6.07) is 12.4. The van der Waals surface area contributed by atoms with E-state index in [9.17, 15) is 21.6 Å². The van der Waals surface area contributed by atoms with E-state index in [1.165, 1.54) is 11.1 Å². The molecule has 0 spiro atoms. The molecule has 0 aromatic heterocycles. The minimum Gasteiger partial charge on any atom is -0.406 e. The van der Waals surface area contributed by atoms with E-state index >= 15 is 0 Å². The zero-order chi connectivity index (χ0) is 20.2. The second-order valence-electron chi connectivity index (χ2n) is 6.57. The van der Waals surface area contributed by atoms with E-state index in [2.05, 4.69) is 26.5 Å². The Labute approximate surface area is 174 Å². The number of halogens is 4. The van der Waals surface area contributed by atoms with Crippen LogP contribution < -0.4 is 9.46 Å². The molecular weight excluding hydrogens is 429 g/mol. The zero-order valence-electron chi connectivity index (χ0n) is 15.5. The summed E-state index contributed by atoms with van der Waals surface area (Å²) in [4.78, 5) is 2.17. The van der Waals surface area contributed by atoms with Crippen molar-refractivity contribution in [1.82, 2.24) is 9.62 Å². The lowest BCUT2D eigenvalue weighted by atomic mass is 10.00. The predicted octanol–water partition coefficient (Wildman–Crippen LogP) is 3.73. The fourth-order valence-electron chi connectivity index (χ4n) is 3.16. The van der Waals surface area contributed by atoms with E-state index in [1.54, 1.807) is 0 Å². The summed E-state index contributed by atoms with van der Waals surface area (Å²) in [5.41, 5.74) is 2.66. The van der Waals surface area contributed by atoms with Crippen molar-refractivity contribution in [2.45, 2.75) is 30.6 Å². The Morgan fingerprint density at radius 1 is 1.03 bits per heavy atom. The van der Waals surface area contributed by atoms with Crippen LogP contribution in [0.25, 0.3) is 0 Å². The third-order valence-corrected chi connectivity index (χ3v) is 6.00. The van der Waals surface area contributed by atoms with Crippen LogP contribution in [0.2, 0.25) is 0 Å². The third-order valence-electron chi connectivity index (χ3n) is 4.52. The highest BCUT2D eigenvalue weighted by Crippen LogP contribution is 2.24. The molecule has 1 heterocycles. The lowest BCUT2D eigenvalue weighted by Gasteiger charge is -2.28. The van der Waals surface area contributed by atoms with E-state index in [0.717, 1.165) is 50.3 Å². The quantitative estimate of drug-likeness (QED) is 0.653. The number of sulfonamides is 1. The monoisotopic (exact) mass is 450 g/mol. The smallest absolute Gasteiger partial charge is 0.406 e. The first-order chi connectivity index (χ1) is 13.2. The van der Waals surface area contributed by atoms with Crippen molar-refractivity contribution in [1.29, 1.82) is 0 Å². The molecule has 0 unspecified atom stereocenters. The van der Waals surface area contributed by atoms with Crippen molar-refractivity contribution in [3.05, 3.63) is 59.7 Å². The summed E-state index contributed by atoms with van der Waals surface area (Å²) in [5, 5.41) is 0. The summed E-state index contributed by atoms with van der Waals surface area (Å²) < 4.78 is 67.2. The molecule has 0 saturated carbocycles. The Morgan fingerprint density at radius 2 is 1.69 bits per heavy atom. The number of benzene rings is 2. The van der Waals surface area contributed by atoms with Crippen LogP contribution in [-0.2, 0) is 23.0 Å². The van der Waals surface area contributed by atoms with Gasteiger partial charge in [0, 0.05) is 19.6 Å². The maximum Gasteiger partial charge on any atom is 0.573 e. The van der Waals surface area contributed by atoms with Gasteiger partial charge in [-0.3, -0.25) is 4.90 Å². The lowest BCUT2D eigenvalue weighted by molar-refractivity contribution is -0.274. The van der Waals surface area contributed by atoms with Gasteiger partial charge in [0.1, 0.15) is 5.75 Å². The van der Waals surface area contributed by atoms with Gasteiger partial charge in [-0.25, -0.2) is 13.1 Å². The maximum atomic E-state index is 12.3. The van der Waals surface area contributed by atoms with Gasteiger partial charge in [0.05, 0.1) is 4.90 Å². The van der Waals surface area contributed by atoms with Gasteiger partial charge in [-0.15, -0.1) is 25.6 Å². The minimum absolute atomic E-state index is 0. The van der Waals surface area contributed by atoms with Crippen LogP contribution in [0, 0.1) is 0 Å². The summed E-state index contributed by atoms with van der Waals surface area (Å²) in [5.74, 6) is -0.461. The van der Waals surface area contributed by atoms with E-state index < -0.39 is 22.1 Å². The second-order valence-corrected chi connectivity index (χ2v) is 8.33. The number of rotatable bonds is 7. The predicted molar refractivity (Wildman–Crippen MR) is 106 cm³/mol. The molecule has 0 bridgehead atoms. The van der Waals surface area contributed by atoms with E-state index in [0.29, 0.717) is 6.42 Å². The molecule has 0 atom stereocenters. The molecule has 1 aliphatic heterocycles. The van der Waals surface area contributed by atoms with Crippen LogP contribution in [-0.4, -0.2) is 39.3 Å². The maximum absolute atomic E-state index is 12.3. The fraction of sp³-hybridized carbons (Fsp3) is 0.368. The summed E-state index contributed by atoms with van der Waals surface area (Å²) in [7, 11) is -3.78. The number of ether oxygens (including phenoxy) is 1. The molecule has 1 aliphatic rings. The van der Waals surface area contributed by atoms with Crippen molar-refractivity contribution >= 4 is 22.4 Å². The topological polar surface area (TPSA) is 58.6 Å². The van der Waals surface area contributed by atoms with Crippen LogP contribution in [0.3, 0.4) is 0 Å². The highest BCUT2D eigenvalue weighted by Gasteiger charge is 2.31. The Kier molecular flexibility index (Phi) is 7.93. The molecule has 0 amide bonds. The Morgan fingerprint density at radius 3 is 2.34 bits per heavy atom. The van der Waals surface area contributed by atoms with Crippen LogP contribution in [0.15, 0.2) is 53.4 Å². The Balaban J connectivity index is 0.00000300. The molecule has 0 saturated heterocycles. The average Bonchev–Trinajstić information content (AvgIpc) is 2.64. The zero-order valence-corrected chi connectivity index (χ0v) is 17.1. The number of alkyl halides is 3. The van der Waals surface area contributed by atoms with Crippen LogP contribution in [0.1, 0.15) is 17.5 Å². The molecule has 2 aromatic carbocycles. The van der Waals surface area contributed by atoms with Crippen molar-refractivity contribution < 1.29 is 26.3 Å². The van der Waals surface area contributed by atoms with Gasteiger partial charge in [-0.05, 0) is 54.8 Å². The highest BCUT2D eigenvalue weighted by atomic mass is 35.5. The first-order valence-corrected chi connectivity index (χ1v) is 10.4. The van der Waals surface area contributed by atoms with E-state index in [-0.39, 0.29) is 23.8 Å². The molecular formula is C19H22ClF3N2O3S. The van der Waals surface area contributed by atoms with Crippen LogP contribution in [0.4, 0.5) is 13.2 Å². The number of nitrogens with zero attached hydrogens (tertiary/aromatic N) is 1. The largest absolute Gasteiger partial charge is 0.573 e. The molecule has 0 radical (unpaired) electrons. The Hall–Kier alpha value is -1.81. The molecule has 0 aliphatic carbocycles. The number of nitrogens with one attached hydrogen (secondary N) is 1. The lowest BCUT2D eigenvalue weighted by Crippen LogP contribution is -2.33. The second kappa shape index (κ2) is 9.80. The SMILES string of the molecule is Cl.O=S(=O)(NCCCN1CCc2ccccc2C1)c1ccc(OC(F)(F)F)cc1. The van der Waals surface area contributed by atoms with Crippen molar-refractivity contribution in [2.24, 2.45) is 0 Å². The van der Waals surface area contributed by atoms with E-state index in [4.69, 9.17) is 0 Å². The van der Waals surface area contributed by atoms with Crippen molar-refractivity contribution in [3.63, 3.8) is 0 Å². The van der Waals surface area contributed by atoms with Crippen molar-refractivity contribution in [2.75, 3.05) is 19.6 Å². The summed E-state index contributed by atoms with van der Waals surface area (Å²) in [6.07, 6.45) is -3.20. The molecule has 5 nitrogen and oxygen atoms in total. The van der Waals surface area contributed by atoms with Gasteiger partial charge in [-0.2, -0.15) is 0 Å². The van der Waals surface area contributed by atoms with Gasteiger partial charge < -0.3 is 4.74 Å². The fourth-order valence-corrected chi connectivity index (χ4v) is 4.23. The standard InChI is InChI=1S/C19H21F3N2O3S.ClH/c20-19(21,22)27-17-6-8-18(9-7-17)28(25,26)23-11-3-12-24-13-10-15-4-1-2-5-16(15)14-24;/h1-2,4-9,23H,3,10-14H2;1H. The summed E-state index contributed by atoms with van der Waals surface area (Å²) >= 11 is 0. The molecule has 0 fully saturated rings. The van der Waals surface area contributed by atoms with Gasteiger partial charge in [0.15, 0.2) is 0 Å². The molecule has 1 N–H and O–H groups in total. The first-order valence-electron chi connectivity index (χ1n) is 8.87. The van der Waals surface area contributed by atoms with Crippen LogP contribution in [0.5, 0.6) is 5.75 Å². The van der Waals surface area contributed by atoms with Crippen molar-refractivity contribution in [3.8, 4) is 5.75 Å². The minimum atomic E-state index is -4.81. The third kappa shape index (κ3) is 6.88. The molecule has 10 heteroatoms. The molecule has 160 valence electrons. The van der Waals surface area contributed by atoms with E-state index in [1.807, 2.05) is 12.1 Å². The first kappa shape index (κ1) is 23.5. The Bertz CT molecular complexity index is 906. The molecule has 29 heavy (non-hydrogen) atoms. The van der Waals surface area contributed by atoms with Gasteiger partial charge in [0.25, 0.3) is 0 Å². The molecule has 3 rings (SSSR count). The number of fused-ring (bicyclic) bond motifs is 1. The highest BCUT2D eigenvalue weighted by molar-refractivity contribution is 7.89.